The predicted molar refractivity (Wildman–Crippen MR) is 79.2 cm³/mol. The lowest BCUT2D eigenvalue weighted by atomic mass is 10.1. The molecule has 0 amide bonds. The topological polar surface area (TPSA) is 47.7 Å². The van der Waals surface area contributed by atoms with Gasteiger partial charge in [0.2, 0.25) is 0 Å². The fourth-order valence-corrected chi connectivity index (χ4v) is 2.45. The molecule has 2 rings (SSSR count). The van der Waals surface area contributed by atoms with Crippen LogP contribution in [0.15, 0.2) is 18.2 Å². The average molecular weight is 287 g/mol. The van der Waals surface area contributed by atoms with E-state index in [1.54, 1.807) is 14.2 Å². The van der Waals surface area contributed by atoms with Crippen LogP contribution in [0.1, 0.15) is 12.5 Å². The summed E-state index contributed by atoms with van der Waals surface area (Å²) >= 11 is 0. The molecule has 5 heteroatoms. The van der Waals surface area contributed by atoms with E-state index in [4.69, 9.17) is 15.2 Å². The van der Waals surface area contributed by atoms with Gasteiger partial charge in [0.1, 0.15) is 11.5 Å². The summed E-state index contributed by atoms with van der Waals surface area (Å²) in [6, 6.07) is 6.24. The van der Waals surface area contributed by atoms with Crippen molar-refractivity contribution in [2.24, 2.45) is 11.7 Å². The van der Waals surface area contributed by atoms with E-state index in [9.17, 15) is 0 Å². The van der Waals surface area contributed by atoms with E-state index < -0.39 is 0 Å². The van der Waals surface area contributed by atoms with E-state index in [0.29, 0.717) is 5.92 Å². The van der Waals surface area contributed by atoms with Gasteiger partial charge in [0, 0.05) is 37.3 Å². The van der Waals surface area contributed by atoms with Gasteiger partial charge in [-0.05, 0) is 12.0 Å². The first-order valence-electron chi connectivity index (χ1n) is 6.33. The second-order valence-corrected chi connectivity index (χ2v) is 5.01. The van der Waals surface area contributed by atoms with Crippen LogP contribution in [0.2, 0.25) is 0 Å². The van der Waals surface area contributed by atoms with Gasteiger partial charge < -0.3 is 15.2 Å². The summed E-state index contributed by atoms with van der Waals surface area (Å²) in [6.45, 7) is 5.09. The highest BCUT2D eigenvalue weighted by molar-refractivity contribution is 5.85. The number of hydrogen-bond acceptors (Lipinski definition) is 4. The third-order valence-electron chi connectivity index (χ3n) is 3.63. The normalized spacial score (nSPS) is 22.9. The van der Waals surface area contributed by atoms with Gasteiger partial charge in [-0.15, -0.1) is 12.4 Å². The van der Waals surface area contributed by atoms with E-state index in [2.05, 4.69) is 17.9 Å². The molecule has 1 saturated heterocycles. The SMILES string of the molecule is COc1ccc(CN2CC(C)C(N)C2)c(OC)c1.Cl. The Morgan fingerprint density at radius 1 is 1.26 bits per heavy atom. The molecule has 0 aromatic heterocycles. The van der Waals surface area contributed by atoms with Crippen LogP contribution in [0.25, 0.3) is 0 Å². The van der Waals surface area contributed by atoms with Crippen LogP contribution >= 0.6 is 12.4 Å². The minimum atomic E-state index is 0. The second kappa shape index (κ2) is 6.98. The minimum absolute atomic E-state index is 0. The van der Waals surface area contributed by atoms with Crippen molar-refractivity contribution < 1.29 is 9.47 Å². The van der Waals surface area contributed by atoms with Crippen LogP contribution in [0.3, 0.4) is 0 Å². The molecule has 0 bridgehead atoms. The molecule has 19 heavy (non-hydrogen) atoms. The van der Waals surface area contributed by atoms with Gasteiger partial charge in [-0.25, -0.2) is 0 Å². The van der Waals surface area contributed by atoms with E-state index in [1.807, 2.05) is 12.1 Å². The van der Waals surface area contributed by atoms with Crippen molar-refractivity contribution in [2.45, 2.75) is 19.5 Å². The maximum Gasteiger partial charge on any atom is 0.127 e. The monoisotopic (exact) mass is 286 g/mol. The Bertz CT molecular complexity index is 404. The fourth-order valence-electron chi connectivity index (χ4n) is 2.45. The molecule has 1 aliphatic rings. The van der Waals surface area contributed by atoms with Gasteiger partial charge in [0.25, 0.3) is 0 Å². The molecule has 4 nitrogen and oxygen atoms in total. The third-order valence-corrected chi connectivity index (χ3v) is 3.63. The largest absolute Gasteiger partial charge is 0.497 e. The first-order chi connectivity index (χ1) is 8.63. The van der Waals surface area contributed by atoms with Gasteiger partial charge in [-0.3, -0.25) is 4.90 Å². The highest BCUT2D eigenvalue weighted by atomic mass is 35.5. The van der Waals surface area contributed by atoms with Crippen LogP contribution in [0, 0.1) is 5.92 Å². The summed E-state index contributed by atoms with van der Waals surface area (Å²) in [5.74, 6) is 2.26. The highest BCUT2D eigenvalue weighted by Gasteiger charge is 2.26. The van der Waals surface area contributed by atoms with Crippen molar-refractivity contribution >= 4 is 12.4 Å². The molecule has 1 fully saturated rings. The summed E-state index contributed by atoms with van der Waals surface area (Å²) in [7, 11) is 3.35. The van der Waals surface area contributed by atoms with Crippen molar-refractivity contribution in [3.8, 4) is 11.5 Å². The van der Waals surface area contributed by atoms with Crippen molar-refractivity contribution in [3.05, 3.63) is 23.8 Å². The molecule has 0 radical (unpaired) electrons. The van der Waals surface area contributed by atoms with E-state index >= 15 is 0 Å². The zero-order valence-electron chi connectivity index (χ0n) is 11.8. The molecule has 108 valence electrons. The first-order valence-corrected chi connectivity index (χ1v) is 6.33. The number of likely N-dealkylation sites (tertiary alicyclic amines) is 1. The van der Waals surface area contributed by atoms with Gasteiger partial charge in [-0.1, -0.05) is 13.0 Å². The quantitative estimate of drug-likeness (QED) is 0.918. The molecule has 2 N–H and O–H groups in total. The summed E-state index contributed by atoms with van der Waals surface area (Å²) in [4.78, 5) is 2.37. The first kappa shape index (κ1) is 16.1. The van der Waals surface area contributed by atoms with Gasteiger partial charge in [0.15, 0.2) is 0 Å². The Morgan fingerprint density at radius 3 is 2.53 bits per heavy atom. The predicted octanol–water partition coefficient (Wildman–Crippen LogP) is 1.90. The summed E-state index contributed by atoms with van der Waals surface area (Å²) in [5, 5.41) is 0. The van der Waals surface area contributed by atoms with Crippen molar-refractivity contribution in [1.29, 1.82) is 0 Å². The molecule has 0 spiro atoms. The van der Waals surface area contributed by atoms with Gasteiger partial charge >= 0.3 is 0 Å². The molecule has 2 atom stereocenters. The lowest BCUT2D eigenvalue weighted by Crippen LogP contribution is -2.28. The molecule has 1 aromatic carbocycles. The Balaban J connectivity index is 0.00000180. The number of halogens is 1. The van der Waals surface area contributed by atoms with Crippen molar-refractivity contribution in [1.82, 2.24) is 4.90 Å². The van der Waals surface area contributed by atoms with E-state index in [0.717, 1.165) is 31.1 Å². The van der Waals surface area contributed by atoms with Crippen molar-refractivity contribution in [2.75, 3.05) is 27.3 Å². The molecule has 0 aliphatic carbocycles. The number of nitrogens with two attached hydrogens (primary N) is 1. The van der Waals surface area contributed by atoms with Gasteiger partial charge in [0.05, 0.1) is 14.2 Å². The van der Waals surface area contributed by atoms with Crippen LogP contribution in [-0.2, 0) is 6.54 Å². The Hall–Kier alpha value is -0.970. The standard InChI is InChI=1S/C14H22N2O2.ClH/c1-10-7-16(9-13(10)15)8-11-4-5-12(17-2)6-14(11)18-3;/h4-6,10,13H,7-9,15H2,1-3H3;1H. The molecule has 1 heterocycles. The number of hydrogen-bond donors (Lipinski definition) is 1. The molecule has 2 unspecified atom stereocenters. The van der Waals surface area contributed by atoms with Crippen LogP contribution in [0.5, 0.6) is 11.5 Å². The number of nitrogens with zero attached hydrogens (tertiary/aromatic N) is 1. The molecule has 1 aromatic rings. The second-order valence-electron chi connectivity index (χ2n) is 5.01. The molecular weight excluding hydrogens is 264 g/mol. The third kappa shape index (κ3) is 3.75. The van der Waals surface area contributed by atoms with Crippen LogP contribution in [-0.4, -0.2) is 38.3 Å². The van der Waals surface area contributed by atoms with E-state index in [1.165, 1.54) is 5.56 Å². The molecular formula is C14H23ClN2O2. The van der Waals surface area contributed by atoms with Crippen LogP contribution in [0.4, 0.5) is 0 Å². The Labute approximate surface area is 121 Å². The minimum Gasteiger partial charge on any atom is -0.497 e. The molecule has 1 aliphatic heterocycles. The number of benzene rings is 1. The summed E-state index contributed by atoms with van der Waals surface area (Å²) in [5.41, 5.74) is 7.23. The Kier molecular flexibility index (Phi) is 5.91. The number of ether oxygens (including phenoxy) is 2. The van der Waals surface area contributed by atoms with E-state index in [-0.39, 0.29) is 18.4 Å². The highest BCUT2D eigenvalue weighted by Crippen LogP contribution is 2.27. The number of rotatable bonds is 4. The maximum atomic E-state index is 6.05. The summed E-state index contributed by atoms with van der Waals surface area (Å²) < 4.78 is 10.6. The van der Waals surface area contributed by atoms with Crippen molar-refractivity contribution in [3.63, 3.8) is 0 Å². The van der Waals surface area contributed by atoms with Gasteiger partial charge in [-0.2, -0.15) is 0 Å². The molecule has 0 saturated carbocycles. The lowest BCUT2D eigenvalue weighted by molar-refractivity contribution is 0.309. The zero-order chi connectivity index (χ0) is 13.1. The fraction of sp³-hybridized carbons (Fsp3) is 0.571. The zero-order valence-corrected chi connectivity index (χ0v) is 12.6. The lowest BCUT2D eigenvalue weighted by Gasteiger charge is -2.17. The van der Waals surface area contributed by atoms with Crippen LogP contribution < -0.4 is 15.2 Å². The Morgan fingerprint density at radius 2 is 2.00 bits per heavy atom. The maximum absolute atomic E-state index is 6.05. The average Bonchev–Trinajstić information content (AvgIpc) is 2.69. The smallest absolute Gasteiger partial charge is 0.127 e. The number of methoxy groups -OCH3 is 2. The summed E-state index contributed by atoms with van der Waals surface area (Å²) in [6.07, 6.45) is 0.